The van der Waals surface area contributed by atoms with Gasteiger partial charge in [-0.15, -0.1) is 0 Å². The molecule has 6 heteroatoms. The van der Waals surface area contributed by atoms with E-state index < -0.39 is 6.10 Å². The lowest BCUT2D eigenvalue weighted by Crippen LogP contribution is -2.39. The van der Waals surface area contributed by atoms with Gasteiger partial charge in [0, 0.05) is 12.6 Å². The maximum atomic E-state index is 13.2. The normalized spacial score (nSPS) is 13.0. The molecule has 25 heavy (non-hydrogen) atoms. The summed E-state index contributed by atoms with van der Waals surface area (Å²) < 4.78 is 24.7. The van der Waals surface area contributed by atoms with Crippen LogP contribution in [0.1, 0.15) is 25.5 Å². The largest absolute Gasteiger partial charge is 0.496 e. The van der Waals surface area contributed by atoms with Crippen LogP contribution in [0.15, 0.2) is 46.9 Å². The van der Waals surface area contributed by atoms with Crippen molar-refractivity contribution in [2.75, 3.05) is 14.2 Å². The summed E-state index contributed by atoms with van der Waals surface area (Å²) in [6, 6.07) is 11.5. The summed E-state index contributed by atoms with van der Waals surface area (Å²) in [7, 11) is 3.32. The molecule has 0 bridgehead atoms. The summed E-state index contributed by atoms with van der Waals surface area (Å²) in [4.78, 5) is 14.3. The highest BCUT2D eigenvalue weighted by molar-refractivity contribution is 9.10. The average molecular weight is 410 g/mol. The Balaban J connectivity index is 2.12. The Labute approximate surface area is 155 Å². The molecule has 0 saturated carbocycles. The molecule has 0 aliphatic rings. The number of methoxy groups -OCH3 is 1. The zero-order valence-electron chi connectivity index (χ0n) is 14.6. The highest BCUT2D eigenvalue weighted by atomic mass is 79.9. The topological polar surface area (TPSA) is 38.8 Å². The van der Waals surface area contributed by atoms with Gasteiger partial charge in [0.1, 0.15) is 17.3 Å². The van der Waals surface area contributed by atoms with Crippen molar-refractivity contribution in [3.63, 3.8) is 0 Å². The van der Waals surface area contributed by atoms with Crippen LogP contribution in [0.4, 0.5) is 4.39 Å². The first-order chi connectivity index (χ1) is 11.8. The number of rotatable bonds is 6. The van der Waals surface area contributed by atoms with Crippen molar-refractivity contribution in [2.24, 2.45) is 0 Å². The maximum absolute atomic E-state index is 13.2. The third-order valence-electron chi connectivity index (χ3n) is 4.06. The minimum Gasteiger partial charge on any atom is -0.496 e. The van der Waals surface area contributed by atoms with E-state index in [-0.39, 0.29) is 17.8 Å². The molecule has 2 aromatic rings. The summed E-state index contributed by atoms with van der Waals surface area (Å²) in [6.45, 7) is 3.60. The quantitative estimate of drug-likeness (QED) is 0.700. The van der Waals surface area contributed by atoms with Crippen LogP contribution >= 0.6 is 15.9 Å². The van der Waals surface area contributed by atoms with Gasteiger partial charge in [0.15, 0.2) is 6.10 Å². The lowest BCUT2D eigenvalue weighted by atomic mass is 10.1. The molecule has 2 aromatic carbocycles. The van der Waals surface area contributed by atoms with Crippen LogP contribution < -0.4 is 9.47 Å². The van der Waals surface area contributed by atoms with Crippen molar-refractivity contribution < 1.29 is 18.7 Å². The van der Waals surface area contributed by atoms with Crippen molar-refractivity contribution in [3.8, 4) is 11.5 Å². The van der Waals surface area contributed by atoms with Crippen LogP contribution in [0, 0.1) is 5.82 Å². The van der Waals surface area contributed by atoms with Gasteiger partial charge in [-0.2, -0.15) is 0 Å². The first-order valence-electron chi connectivity index (χ1n) is 7.86. The zero-order chi connectivity index (χ0) is 18.6. The van der Waals surface area contributed by atoms with Crippen molar-refractivity contribution in [1.29, 1.82) is 0 Å². The van der Waals surface area contributed by atoms with E-state index in [9.17, 15) is 9.18 Å². The first kappa shape index (κ1) is 19.2. The molecule has 0 aliphatic heterocycles. The summed E-state index contributed by atoms with van der Waals surface area (Å²) in [5.41, 5.74) is 0.913. The number of likely N-dealkylation sites (N-methyl/N-ethyl adjacent to an activating group) is 1. The molecule has 0 radical (unpaired) electrons. The van der Waals surface area contributed by atoms with E-state index in [1.807, 2.05) is 31.2 Å². The second-order valence-corrected chi connectivity index (χ2v) is 6.56. The highest BCUT2D eigenvalue weighted by Crippen LogP contribution is 2.30. The van der Waals surface area contributed by atoms with Crippen LogP contribution in [0.25, 0.3) is 0 Å². The van der Waals surface area contributed by atoms with Gasteiger partial charge in [-0.05, 0) is 54.0 Å². The molecule has 0 heterocycles. The van der Waals surface area contributed by atoms with Gasteiger partial charge < -0.3 is 14.4 Å². The molecule has 1 amide bonds. The van der Waals surface area contributed by atoms with E-state index in [0.717, 1.165) is 11.3 Å². The molecule has 2 rings (SSSR count). The molecule has 2 unspecified atom stereocenters. The number of carbonyl (C=O) groups excluding carboxylic acids is 1. The van der Waals surface area contributed by atoms with E-state index in [2.05, 4.69) is 15.9 Å². The standard InChI is InChI=1S/C19H21BrFNO3/c1-12(15-7-5-6-8-17(15)24-4)22(3)19(23)13(2)25-18-10-9-14(21)11-16(18)20/h5-13H,1-4H3. The van der Waals surface area contributed by atoms with Crippen LogP contribution in [-0.4, -0.2) is 31.1 Å². The van der Waals surface area contributed by atoms with Crippen LogP contribution in [-0.2, 0) is 4.79 Å². The number of halogens is 2. The fraction of sp³-hybridized carbons (Fsp3) is 0.316. The van der Waals surface area contributed by atoms with Crippen LogP contribution in [0.2, 0.25) is 0 Å². The molecule has 0 saturated heterocycles. The number of hydrogen-bond donors (Lipinski definition) is 0. The van der Waals surface area contributed by atoms with Gasteiger partial charge >= 0.3 is 0 Å². The molecule has 0 aromatic heterocycles. The maximum Gasteiger partial charge on any atom is 0.263 e. The predicted octanol–water partition coefficient (Wildman–Crippen LogP) is 4.58. The Morgan fingerprint density at radius 2 is 1.84 bits per heavy atom. The van der Waals surface area contributed by atoms with Crippen molar-refractivity contribution in [2.45, 2.75) is 26.0 Å². The highest BCUT2D eigenvalue weighted by Gasteiger charge is 2.26. The first-order valence-corrected chi connectivity index (χ1v) is 8.65. The smallest absolute Gasteiger partial charge is 0.263 e. The van der Waals surface area contributed by atoms with Gasteiger partial charge in [-0.25, -0.2) is 4.39 Å². The molecular weight excluding hydrogens is 389 g/mol. The minimum absolute atomic E-state index is 0.186. The third kappa shape index (κ3) is 4.51. The zero-order valence-corrected chi connectivity index (χ0v) is 16.2. The summed E-state index contributed by atoms with van der Waals surface area (Å²) in [5, 5.41) is 0. The van der Waals surface area contributed by atoms with Gasteiger partial charge in [-0.1, -0.05) is 18.2 Å². The molecule has 2 atom stereocenters. The Hall–Kier alpha value is -2.08. The van der Waals surface area contributed by atoms with Gasteiger partial charge in [0.05, 0.1) is 17.6 Å². The second-order valence-electron chi connectivity index (χ2n) is 5.70. The number of hydrogen-bond acceptors (Lipinski definition) is 3. The molecule has 134 valence electrons. The summed E-state index contributed by atoms with van der Waals surface area (Å²) in [6.07, 6.45) is -0.719. The Morgan fingerprint density at radius 3 is 2.48 bits per heavy atom. The fourth-order valence-corrected chi connectivity index (χ4v) is 2.95. The molecule has 0 N–H and O–H groups in total. The lowest BCUT2D eigenvalue weighted by molar-refractivity contribution is -0.138. The van der Waals surface area contributed by atoms with Crippen molar-refractivity contribution >= 4 is 21.8 Å². The monoisotopic (exact) mass is 409 g/mol. The molecule has 0 fully saturated rings. The Morgan fingerprint density at radius 1 is 1.16 bits per heavy atom. The van der Waals surface area contributed by atoms with Crippen molar-refractivity contribution in [3.05, 3.63) is 58.3 Å². The van der Waals surface area contributed by atoms with Gasteiger partial charge in [0.25, 0.3) is 5.91 Å². The number of ether oxygens (including phenoxy) is 2. The molecule has 0 aliphatic carbocycles. The van der Waals surface area contributed by atoms with E-state index in [0.29, 0.717) is 10.2 Å². The average Bonchev–Trinajstić information content (AvgIpc) is 2.62. The van der Waals surface area contributed by atoms with Crippen LogP contribution in [0.5, 0.6) is 11.5 Å². The second kappa shape index (κ2) is 8.34. The van der Waals surface area contributed by atoms with Crippen molar-refractivity contribution in [1.82, 2.24) is 4.90 Å². The summed E-state index contributed by atoms with van der Waals surface area (Å²) >= 11 is 3.24. The fourth-order valence-electron chi connectivity index (χ4n) is 2.51. The van der Waals surface area contributed by atoms with Gasteiger partial charge in [0.2, 0.25) is 0 Å². The summed E-state index contributed by atoms with van der Waals surface area (Å²) in [5.74, 6) is 0.583. The number of para-hydroxylation sites is 1. The lowest BCUT2D eigenvalue weighted by Gasteiger charge is -2.29. The Kier molecular flexibility index (Phi) is 6.42. The Bertz CT molecular complexity index is 753. The SMILES string of the molecule is COc1ccccc1C(C)N(C)C(=O)C(C)Oc1ccc(F)cc1Br. The van der Waals surface area contributed by atoms with E-state index in [4.69, 9.17) is 9.47 Å². The van der Waals surface area contributed by atoms with E-state index in [1.165, 1.54) is 18.2 Å². The number of amides is 1. The molecule has 4 nitrogen and oxygen atoms in total. The molecule has 0 spiro atoms. The van der Waals surface area contributed by atoms with E-state index >= 15 is 0 Å². The number of carbonyl (C=O) groups is 1. The molecular formula is C19H21BrFNO3. The minimum atomic E-state index is -0.719. The third-order valence-corrected chi connectivity index (χ3v) is 4.68. The number of nitrogens with zero attached hydrogens (tertiary/aromatic N) is 1. The number of benzene rings is 2. The van der Waals surface area contributed by atoms with E-state index in [1.54, 1.807) is 26.0 Å². The predicted molar refractivity (Wildman–Crippen MR) is 98.4 cm³/mol. The van der Waals surface area contributed by atoms with Gasteiger partial charge in [-0.3, -0.25) is 4.79 Å². The van der Waals surface area contributed by atoms with Crippen LogP contribution in [0.3, 0.4) is 0 Å².